The smallest absolute Gasteiger partial charge is 0.191 e. The third-order valence-corrected chi connectivity index (χ3v) is 4.03. The van der Waals surface area contributed by atoms with E-state index >= 15 is 0 Å². The first kappa shape index (κ1) is 21.6. The van der Waals surface area contributed by atoms with Crippen LogP contribution in [-0.4, -0.2) is 32.3 Å². The van der Waals surface area contributed by atoms with Gasteiger partial charge in [0.2, 0.25) is 0 Å². The van der Waals surface area contributed by atoms with Crippen LogP contribution in [0.4, 0.5) is 0 Å². The third-order valence-electron chi connectivity index (χ3n) is 3.30. The summed E-state index contributed by atoms with van der Waals surface area (Å²) >= 11 is 1.69. The van der Waals surface area contributed by atoms with E-state index in [1.54, 1.807) is 18.4 Å². The van der Waals surface area contributed by atoms with Gasteiger partial charge in [-0.3, -0.25) is 0 Å². The molecule has 0 amide bonds. The van der Waals surface area contributed by atoms with Gasteiger partial charge in [0.25, 0.3) is 0 Å². The van der Waals surface area contributed by atoms with Crippen molar-refractivity contribution in [2.75, 3.05) is 20.2 Å². The van der Waals surface area contributed by atoms with Gasteiger partial charge in [0.05, 0.1) is 20.2 Å². The summed E-state index contributed by atoms with van der Waals surface area (Å²) in [6, 6.07) is 9.75. The lowest BCUT2D eigenvalue weighted by molar-refractivity contribution is 0.213. The van der Waals surface area contributed by atoms with E-state index < -0.39 is 0 Å². The molecule has 0 spiro atoms. The molecule has 0 fully saturated rings. The minimum absolute atomic E-state index is 0. The van der Waals surface area contributed by atoms with Crippen LogP contribution in [0.2, 0.25) is 0 Å². The molecule has 1 atom stereocenters. The molecule has 0 bridgehead atoms. The second kappa shape index (κ2) is 12.0. The lowest BCUT2D eigenvalue weighted by atomic mass is 10.3. The Kier molecular flexibility index (Phi) is 10.3. The fourth-order valence-electron chi connectivity index (χ4n) is 2.11. The Balaban J connectivity index is 0.00000312. The summed E-state index contributed by atoms with van der Waals surface area (Å²) in [5.41, 5.74) is 1.22. The molecule has 1 aromatic heterocycles. The number of ether oxygens (including phenoxy) is 2. The van der Waals surface area contributed by atoms with E-state index in [2.05, 4.69) is 39.4 Å². The molecule has 1 unspecified atom stereocenters. The number of para-hydroxylation sites is 2. The second-order valence-corrected chi connectivity index (χ2v) is 6.07. The summed E-state index contributed by atoms with van der Waals surface area (Å²) < 4.78 is 11.3. The predicted octanol–water partition coefficient (Wildman–Crippen LogP) is 3.90. The minimum atomic E-state index is -0.0219. The van der Waals surface area contributed by atoms with Crippen LogP contribution < -0.4 is 20.1 Å². The number of nitrogens with one attached hydrogen (secondary N) is 2. The average Bonchev–Trinajstić information content (AvgIpc) is 3.11. The predicted molar refractivity (Wildman–Crippen MR) is 116 cm³/mol. The van der Waals surface area contributed by atoms with E-state index in [9.17, 15) is 0 Å². The maximum Gasteiger partial charge on any atom is 0.191 e. The topological polar surface area (TPSA) is 54.9 Å². The van der Waals surface area contributed by atoms with Crippen molar-refractivity contribution < 1.29 is 9.47 Å². The number of nitrogens with zero attached hydrogens (tertiary/aromatic N) is 1. The molecule has 7 heteroatoms. The van der Waals surface area contributed by atoms with Gasteiger partial charge in [-0.2, -0.15) is 11.3 Å². The summed E-state index contributed by atoms with van der Waals surface area (Å²) in [5.74, 6) is 2.27. The molecule has 0 radical (unpaired) electrons. The van der Waals surface area contributed by atoms with Gasteiger partial charge in [-0.15, -0.1) is 24.0 Å². The molecular formula is C18H26IN3O2S. The van der Waals surface area contributed by atoms with Crippen molar-refractivity contribution in [1.29, 1.82) is 0 Å². The van der Waals surface area contributed by atoms with Crippen molar-refractivity contribution in [2.24, 2.45) is 4.99 Å². The zero-order valence-corrected chi connectivity index (χ0v) is 18.0. The zero-order chi connectivity index (χ0) is 17.2. The zero-order valence-electron chi connectivity index (χ0n) is 14.8. The number of thiophene rings is 1. The van der Waals surface area contributed by atoms with Crippen molar-refractivity contribution in [2.45, 2.75) is 26.5 Å². The Labute approximate surface area is 170 Å². The van der Waals surface area contributed by atoms with Gasteiger partial charge >= 0.3 is 0 Å². The van der Waals surface area contributed by atoms with E-state index in [1.807, 2.05) is 31.2 Å². The maximum absolute atomic E-state index is 5.95. The number of methoxy groups -OCH3 is 1. The highest BCUT2D eigenvalue weighted by Gasteiger charge is 2.09. The first-order valence-corrected chi connectivity index (χ1v) is 9.00. The fourth-order valence-corrected chi connectivity index (χ4v) is 2.77. The van der Waals surface area contributed by atoms with E-state index in [4.69, 9.17) is 9.47 Å². The molecule has 0 saturated carbocycles. The van der Waals surface area contributed by atoms with Crippen LogP contribution >= 0.6 is 35.3 Å². The van der Waals surface area contributed by atoms with Gasteiger partial charge in [0, 0.05) is 6.54 Å². The molecule has 2 N–H and O–H groups in total. The summed E-state index contributed by atoms with van der Waals surface area (Å²) in [6.07, 6.45) is -0.0219. The van der Waals surface area contributed by atoms with Crippen LogP contribution in [0.1, 0.15) is 19.4 Å². The fraction of sp³-hybridized carbons (Fsp3) is 0.389. The van der Waals surface area contributed by atoms with Crippen molar-refractivity contribution in [3.05, 3.63) is 46.7 Å². The number of hydrogen-bond donors (Lipinski definition) is 2. The molecule has 1 aromatic carbocycles. The molecule has 25 heavy (non-hydrogen) atoms. The standard InChI is InChI=1S/C18H25N3O2S.HI/c1-4-19-18(21-12-15-9-10-24-13-15)20-11-14(2)23-17-8-6-5-7-16(17)22-3;/h5-10,13-14H,4,11-12H2,1-3H3,(H2,19,20,21);1H. The number of rotatable bonds is 8. The number of guanidine groups is 1. The van der Waals surface area contributed by atoms with Crippen LogP contribution in [0.5, 0.6) is 11.5 Å². The Morgan fingerprint density at radius 2 is 1.96 bits per heavy atom. The van der Waals surface area contributed by atoms with Crippen LogP contribution in [0.3, 0.4) is 0 Å². The first-order chi connectivity index (χ1) is 11.7. The monoisotopic (exact) mass is 475 g/mol. The first-order valence-electron chi connectivity index (χ1n) is 8.05. The highest BCUT2D eigenvalue weighted by atomic mass is 127. The number of aliphatic imine (C=N–C) groups is 1. The molecule has 0 aliphatic carbocycles. The number of halogens is 1. The van der Waals surface area contributed by atoms with E-state index in [0.717, 1.165) is 24.0 Å². The molecule has 0 aliphatic rings. The minimum Gasteiger partial charge on any atom is -0.493 e. The largest absolute Gasteiger partial charge is 0.493 e. The summed E-state index contributed by atoms with van der Waals surface area (Å²) in [7, 11) is 1.64. The van der Waals surface area contributed by atoms with Crippen LogP contribution in [-0.2, 0) is 6.54 Å². The summed E-state index contributed by atoms with van der Waals surface area (Å²) in [4.78, 5) is 4.59. The highest BCUT2D eigenvalue weighted by molar-refractivity contribution is 14.0. The van der Waals surface area contributed by atoms with Gasteiger partial charge in [-0.1, -0.05) is 12.1 Å². The van der Waals surface area contributed by atoms with Gasteiger partial charge in [-0.05, 0) is 48.4 Å². The SMILES string of the molecule is CCNC(=NCc1ccsc1)NCC(C)Oc1ccccc1OC.I. The molecule has 0 aliphatic heterocycles. The lowest BCUT2D eigenvalue weighted by Crippen LogP contribution is -2.41. The van der Waals surface area contributed by atoms with Crippen molar-refractivity contribution in [3.8, 4) is 11.5 Å². The maximum atomic E-state index is 5.95. The van der Waals surface area contributed by atoms with Crippen LogP contribution in [0, 0.1) is 0 Å². The van der Waals surface area contributed by atoms with Crippen molar-refractivity contribution in [3.63, 3.8) is 0 Å². The lowest BCUT2D eigenvalue weighted by Gasteiger charge is -2.19. The van der Waals surface area contributed by atoms with E-state index in [-0.39, 0.29) is 30.1 Å². The Hall–Kier alpha value is -1.48. The second-order valence-electron chi connectivity index (χ2n) is 5.29. The van der Waals surface area contributed by atoms with Crippen molar-refractivity contribution >= 4 is 41.3 Å². The van der Waals surface area contributed by atoms with Gasteiger partial charge in [0.15, 0.2) is 17.5 Å². The molecule has 138 valence electrons. The van der Waals surface area contributed by atoms with Gasteiger partial charge < -0.3 is 20.1 Å². The summed E-state index contributed by atoms with van der Waals surface area (Å²) in [5, 5.41) is 10.7. The van der Waals surface area contributed by atoms with Gasteiger partial charge in [-0.25, -0.2) is 4.99 Å². The quantitative estimate of drug-likeness (QED) is 0.346. The number of benzene rings is 1. The normalized spacial score (nSPS) is 12.0. The highest BCUT2D eigenvalue weighted by Crippen LogP contribution is 2.26. The molecule has 2 rings (SSSR count). The third kappa shape index (κ3) is 7.52. The molecule has 0 saturated heterocycles. The molecule has 1 heterocycles. The Bertz CT molecular complexity index is 635. The van der Waals surface area contributed by atoms with Crippen LogP contribution in [0.25, 0.3) is 0 Å². The number of hydrogen-bond acceptors (Lipinski definition) is 4. The van der Waals surface area contributed by atoms with Crippen molar-refractivity contribution in [1.82, 2.24) is 10.6 Å². The van der Waals surface area contributed by atoms with Crippen LogP contribution in [0.15, 0.2) is 46.1 Å². The molecule has 2 aromatic rings. The Morgan fingerprint density at radius 1 is 1.20 bits per heavy atom. The van der Waals surface area contributed by atoms with Gasteiger partial charge in [0.1, 0.15) is 6.10 Å². The molecular weight excluding hydrogens is 449 g/mol. The van der Waals surface area contributed by atoms with E-state index in [0.29, 0.717) is 13.1 Å². The average molecular weight is 475 g/mol. The summed E-state index contributed by atoms with van der Waals surface area (Å²) in [6.45, 7) is 6.20. The Morgan fingerprint density at radius 3 is 2.60 bits per heavy atom. The van der Waals surface area contributed by atoms with E-state index in [1.165, 1.54) is 5.56 Å². The molecule has 5 nitrogen and oxygen atoms in total.